The number of pyridine rings is 1. The summed E-state index contributed by atoms with van der Waals surface area (Å²) in [7, 11) is -0.679. The van der Waals surface area contributed by atoms with Crippen molar-refractivity contribution >= 4 is 27.6 Å². The molecule has 1 aromatic rings. The summed E-state index contributed by atoms with van der Waals surface area (Å²) in [5.74, 6) is 0.138. The van der Waals surface area contributed by atoms with E-state index >= 15 is 0 Å². The summed E-state index contributed by atoms with van der Waals surface area (Å²) < 4.78 is 30.7. The Hall–Kier alpha value is -1.83. The van der Waals surface area contributed by atoms with Gasteiger partial charge in [0.05, 0.1) is 17.9 Å². The quantitative estimate of drug-likeness (QED) is 0.763. The zero-order valence-electron chi connectivity index (χ0n) is 13.9. The second-order valence-electron chi connectivity index (χ2n) is 5.76. The van der Waals surface area contributed by atoms with E-state index in [9.17, 15) is 13.2 Å². The molecule has 0 saturated heterocycles. The highest BCUT2D eigenvalue weighted by molar-refractivity contribution is 7.93. The van der Waals surface area contributed by atoms with Crippen LogP contribution in [0.3, 0.4) is 0 Å². The first-order chi connectivity index (χ1) is 10.8. The molecule has 1 aliphatic rings. The molecule has 0 spiro atoms. The summed E-state index contributed by atoms with van der Waals surface area (Å²) in [5, 5.41) is 2.82. The standard InChI is InChI=1S/C15H23N3O4S/c1-5-10(2)16-13-8-11(15(19)22-4)9-14(17-13)18(3)23(20,21)12-6-7-12/h8-10,12H,5-7H2,1-4H3,(H,16,17)/t10-/m0/s1. The first-order valence-corrected chi connectivity index (χ1v) is 9.14. The number of anilines is 2. The number of rotatable bonds is 7. The van der Waals surface area contributed by atoms with Crippen molar-refractivity contribution in [3.63, 3.8) is 0 Å². The van der Waals surface area contributed by atoms with Crippen LogP contribution < -0.4 is 9.62 Å². The summed E-state index contributed by atoms with van der Waals surface area (Å²) in [6, 6.07) is 3.15. The van der Waals surface area contributed by atoms with Crippen LogP contribution in [-0.2, 0) is 14.8 Å². The lowest BCUT2D eigenvalue weighted by Crippen LogP contribution is -2.31. The molecule has 23 heavy (non-hydrogen) atoms. The van der Waals surface area contributed by atoms with E-state index < -0.39 is 16.0 Å². The smallest absolute Gasteiger partial charge is 0.338 e. The minimum atomic E-state index is -3.43. The summed E-state index contributed by atoms with van der Waals surface area (Å²) in [5.41, 5.74) is 0.265. The molecule has 0 amide bonds. The first kappa shape index (κ1) is 17.5. The maximum atomic E-state index is 12.4. The SMILES string of the molecule is CC[C@H](C)Nc1cc(C(=O)OC)cc(N(C)S(=O)(=O)C2CC2)n1. The topological polar surface area (TPSA) is 88.6 Å². The van der Waals surface area contributed by atoms with E-state index in [1.54, 1.807) is 6.07 Å². The van der Waals surface area contributed by atoms with Gasteiger partial charge in [-0.1, -0.05) is 6.92 Å². The van der Waals surface area contributed by atoms with E-state index in [1.807, 2.05) is 13.8 Å². The van der Waals surface area contributed by atoms with Gasteiger partial charge in [-0.3, -0.25) is 4.31 Å². The molecule has 128 valence electrons. The number of carbonyl (C=O) groups excluding carboxylic acids is 1. The van der Waals surface area contributed by atoms with Crippen LogP contribution in [0.25, 0.3) is 0 Å². The molecule has 0 aliphatic heterocycles. The number of sulfonamides is 1. The lowest BCUT2D eigenvalue weighted by molar-refractivity contribution is 0.0600. The van der Waals surface area contributed by atoms with Gasteiger partial charge in [-0.05, 0) is 38.3 Å². The maximum Gasteiger partial charge on any atom is 0.338 e. The minimum absolute atomic E-state index is 0.147. The number of hydrogen-bond donors (Lipinski definition) is 1. The van der Waals surface area contributed by atoms with Gasteiger partial charge in [-0.25, -0.2) is 18.2 Å². The van der Waals surface area contributed by atoms with E-state index in [0.717, 1.165) is 10.7 Å². The van der Waals surface area contributed by atoms with Crippen molar-refractivity contribution in [3.05, 3.63) is 17.7 Å². The molecule has 1 N–H and O–H groups in total. The van der Waals surface area contributed by atoms with Gasteiger partial charge in [0.25, 0.3) is 0 Å². The second-order valence-corrected chi connectivity index (χ2v) is 8.00. The Labute approximate surface area is 137 Å². The Balaban J connectivity index is 2.40. The summed E-state index contributed by atoms with van der Waals surface area (Å²) in [6.45, 7) is 4.00. The fourth-order valence-electron chi connectivity index (χ4n) is 2.06. The molecular weight excluding hydrogens is 318 g/mol. The highest BCUT2D eigenvalue weighted by Crippen LogP contribution is 2.33. The molecule has 0 unspecified atom stereocenters. The van der Waals surface area contributed by atoms with E-state index in [-0.39, 0.29) is 22.7 Å². The van der Waals surface area contributed by atoms with Gasteiger partial charge in [-0.2, -0.15) is 0 Å². The van der Waals surface area contributed by atoms with Crippen LogP contribution in [0.2, 0.25) is 0 Å². The van der Waals surface area contributed by atoms with Crippen LogP contribution in [0.15, 0.2) is 12.1 Å². The van der Waals surface area contributed by atoms with Gasteiger partial charge in [0.1, 0.15) is 11.6 Å². The summed E-state index contributed by atoms with van der Waals surface area (Å²) in [4.78, 5) is 16.2. The minimum Gasteiger partial charge on any atom is -0.465 e. The Bertz CT molecular complexity index is 686. The van der Waals surface area contributed by atoms with Gasteiger partial charge >= 0.3 is 5.97 Å². The predicted octanol–water partition coefficient (Wildman–Crippen LogP) is 2.01. The molecule has 1 atom stereocenters. The summed E-state index contributed by atoms with van der Waals surface area (Å²) >= 11 is 0. The highest BCUT2D eigenvalue weighted by atomic mass is 32.2. The number of esters is 1. The van der Waals surface area contributed by atoms with E-state index in [2.05, 4.69) is 10.3 Å². The molecule has 1 aliphatic carbocycles. The van der Waals surface area contributed by atoms with Crippen LogP contribution in [0, 0.1) is 0 Å². The van der Waals surface area contributed by atoms with Crippen molar-refractivity contribution in [3.8, 4) is 0 Å². The summed E-state index contributed by atoms with van der Waals surface area (Å²) in [6.07, 6.45) is 2.21. The van der Waals surface area contributed by atoms with Gasteiger partial charge in [0, 0.05) is 13.1 Å². The Morgan fingerprint density at radius 3 is 2.65 bits per heavy atom. The Kier molecular flexibility index (Phi) is 5.13. The third-order valence-electron chi connectivity index (χ3n) is 3.89. The largest absolute Gasteiger partial charge is 0.465 e. The van der Waals surface area contributed by atoms with Gasteiger partial charge < -0.3 is 10.1 Å². The highest BCUT2D eigenvalue weighted by Gasteiger charge is 2.39. The lowest BCUT2D eigenvalue weighted by atomic mass is 10.2. The third-order valence-corrected chi connectivity index (χ3v) is 6.15. The molecule has 7 nitrogen and oxygen atoms in total. The molecule has 2 rings (SSSR count). The Morgan fingerprint density at radius 2 is 2.13 bits per heavy atom. The van der Waals surface area contributed by atoms with Crippen LogP contribution in [0.1, 0.15) is 43.5 Å². The maximum absolute atomic E-state index is 12.4. The second kappa shape index (κ2) is 6.74. The molecular formula is C15H23N3O4S. The predicted molar refractivity (Wildman–Crippen MR) is 89.3 cm³/mol. The van der Waals surface area contributed by atoms with Crippen LogP contribution >= 0.6 is 0 Å². The zero-order chi connectivity index (χ0) is 17.2. The number of hydrogen-bond acceptors (Lipinski definition) is 6. The number of aromatic nitrogens is 1. The van der Waals surface area contributed by atoms with Crippen molar-refractivity contribution in [2.75, 3.05) is 23.8 Å². The number of ether oxygens (including phenoxy) is 1. The van der Waals surface area contributed by atoms with Crippen molar-refractivity contribution in [2.45, 2.75) is 44.4 Å². The van der Waals surface area contributed by atoms with Gasteiger partial charge in [-0.15, -0.1) is 0 Å². The monoisotopic (exact) mass is 341 g/mol. The molecule has 1 heterocycles. The molecule has 1 saturated carbocycles. The number of methoxy groups -OCH3 is 1. The molecule has 0 radical (unpaired) electrons. The first-order valence-electron chi connectivity index (χ1n) is 7.64. The molecule has 0 bridgehead atoms. The van der Waals surface area contributed by atoms with Crippen molar-refractivity contribution in [1.82, 2.24) is 4.98 Å². The molecule has 1 fully saturated rings. The molecule has 1 aromatic heterocycles. The van der Waals surface area contributed by atoms with E-state index in [4.69, 9.17) is 4.74 Å². The number of nitrogens with one attached hydrogen (secondary N) is 1. The van der Waals surface area contributed by atoms with Gasteiger partial charge in [0.15, 0.2) is 0 Å². The fourth-order valence-corrected chi connectivity index (χ4v) is 3.59. The fraction of sp³-hybridized carbons (Fsp3) is 0.600. The van der Waals surface area contributed by atoms with Crippen molar-refractivity contribution < 1.29 is 17.9 Å². The zero-order valence-corrected chi connectivity index (χ0v) is 14.7. The van der Waals surface area contributed by atoms with E-state index in [0.29, 0.717) is 18.7 Å². The van der Waals surface area contributed by atoms with Crippen molar-refractivity contribution in [2.24, 2.45) is 0 Å². The van der Waals surface area contributed by atoms with Crippen LogP contribution in [0.4, 0.5) is 11.6 Å². The number of nitrogens with zero attached hydrogens (tertiary/aromatic N) is 2. The average Bonchev–Trinajstić information content (AvgIpc) is 3.38. The number of carbonyl (C=O) groups is 1. The molecule has 0 aromatic carbocycles. The third kappa shape index (κ3) is 3.93. The van der Waals surface area contributed by atoms with Crippen LogP contribution in [0.5, 0.6) is 0 Å². The molecule has 8 heteroatoms. The van der Waals surface area contributed by atoms with Crippen molar-refractivity contribution in [1.29, 1.82) is 0 Å². The normalized spacial score (nSPS) is 15.8. The van der Waals surface area contributed by atoms with Crippen LogP contribution in [-0.4, -0.2) is 44.8 Å². The average molecular weight is 341 g/mol. The Morgan fingerprint density at radius 1 is 1.48 bits per heavy atom. The van der Waals surface area contributed by atoms with E-state index in [1.165, 1.54) is 20.2 Å². The van der Waals surface area contributed by atoms with Gasteiger partial charge in [0.2, 0.25) is 10.0 Å². The lowest BCUT2D eigenvalue weighted by Gasteiger charge is -2.21.